The van der Waals surface area contributed by atoms with Crippen molar-refractivity contribution in [3.8, 4) is 0 Å². The first-order valence-electron chi connectivity index (χ1n) is 6.99. The standard InChI is InChI=1S/C15H16N2O4S/c18-15-5-1-3-11-9-13(6-7-14(11)17-15)22(19,20)16-10-12-4-2-8-21-12/h2,4,6-9,16H,1,3,5,10H2,(H,17,18). The van der Waals surface area contributed by atoms with E-state index in [0.29, 0.717) is 30.7 Å². The molecular weight excluding hydrogens is 304 g/mol. The SMILES string of the molecule is O=C1CCCc2cc(S(=O)(=O)NCc3ccco3)ccc2N1. The normalized spacial score (nSPS) is 15.0. The molecule has 0 saturated carbocycles. The Hall–Kier alpha value is -2.12. The molecule has 1 aliphatic rings. The van der Waals surface area contributed by atoms with Crippen LogP contribution in [0.5, 0.6) is 0 Å². The predicted molar refractivity (Wildman–Crippen MR) is 80.7 cm³/mol. The van der Waals surface area contributed by atoms with Crippen LogP contribution in [0.1, 0.15) is 24.2 Å². The highest BCUT2D eigenvalue weighted by Crippen LogP contribution is 2.25. The van der Waals surface area contributed by atoms with Crippen LogP contribution >= 0.6 is 0 Å². The van der Waals surface area contributed by atoms with E-state index in [1.807, 2.05) is 0 Å². The Balaban J connectivity index is 1.82. The van der Waals surface area contributed by atoms with Crippen LogP contribution in [-0.2, 0) is 27.8 Å². The lowest BCUT2D eigenvalue weighted by atomic mass is 10.1. The van der Waals surface area contributed by atoms with E-state index in [1.165, 1.54) is 12.3 Å². The molecule has 7 heteroatoms. The minimum absolute atomic E-state index is 0.0368. The van der Waals surface area contributed by atoms with Gasteiger partial charge in [0, 0.05) is 12.1 Å². The highest BCUT2D eigenvalue weighted by molar-refractivity contribution is 7.89. The monoisotopic (exact) mass is 320 g/mol. The highest BCUT2D eigenvalue weighted by atomic mass is 32.2. The van der Waals surface area contributed by atoms with Gasteiger partial charge in [-0.3, -0.25) is 4.79 Å². The van der Waals surface area contributed by atoms with Crippen molar-refractivity contribution < 1.29 is 17.6 Å². The van der Waals surface area contributed by atoms with Gasteiger partial charge < -0.3 is 9.73 Å². The lowest BCUT2D eigenvalue weighted by Crippen LogP contribution is -2.23. The van der Waals surface area contributed by atoms with Gasteiger partial charge in [0.2, 0.25) is 15.9 Å². The highest BCUT2D eigenvalue weighted by Gasteiger charge is 2.19. The molecule has 2 aromatic rings. The molecule has 116 valence electrons. The van der Waals surface area contributed by atoms with E-state index < -0.39 is 10.0 Å². The van der Waals surface area contributed by atoms with Gasteiger partial charge in [-0.2, -0.15) is 0 Å². The fraction of sp³-hybridized carbons (Fsp3) is 0.267. The molecule has 0 spiro atoms. The van der Waals surface area contributed by atoms with E-state index in [4.69, 9.17) is 4.42 Å². The molecule has 2 N–H and O–H groups in total. The summed E-state index contributed by atoms with van der Waals surface area (Å²) in [6.45, 7) is 0.100. The van der Waals surface area contributed by atoms with Crippen LogP contribution in [0.4, 0.5) is 5.69 Å². The van der Waals surface area contributed by atoms with Gasteiger partial charge in [0.25, 0.3) is 0 Å². The molecule has 0 fully saturated rings. The number of aryl methyl sites for hydroxylation is 1. The number of hydrogen-bond acceptors (Lipinski definition) is 4. The fourth-order valence-corrected chi connectivity index (χ4v) is 3.42. The van der Waals surface area contributed by atoms with Gasteiger partial charge in [-0.15, -0.1) is 0 Å². The predicted octanol–water partition coefficient (Wildman–Crippen LogP) is 2.03. The van der Waals surface area contributed by atoms with Crippen LogP contribution in [0.3, 0.4) is 0 Å². The smallest absolute Gasteiger partial charge is 0.240 e. The van der Waals surface area contributed by atoms with Crippen LogP contribution in [0.15, 0.2) is 45.9 Å². The lowest BCUT2D eigenvalue weighted by molar-refractivity contribution is -0.116. The maximum atomic E-state index is 12.3. The van der Waals surface area contributed by atoms with E-state index in [0.717, 1.165) is 5.56 Å². The third kappa shape index (κ3) is 3.20. The van der Waals surface area contributed by atoms with Gasteiger partial charge >= 0.3 is 0 Å². The van der Waals surface area contributed by atoms with Crippen LogP contribution in [-0.4, -0.2) is 14.3 Å². The first-order chi connectivity index (χ1) is 10.5. The van der Waals surface area contributed by atoms with E-state index in [1.54, 1.807) is 24.3 Å². The Kier molecular flexibility index (Phi) is 4.00. The molecule has 1 aromatic carbocycles. The van der Waals surface area contributed by atoms with Crippen LogP contribution < -0.4 is 10.0 Å². The van der Waals surface area contributed by atoms with Crippen LogP contribution in [0.25, 0.3) is 0 Å². The Morgan fingerprint density at radius 2 is 2.09 bits per heavy atom. The Morgan fingerprint density at radius 3 is 2.86 bits per heavy atom. The molecule has 2 heterocycles. The molecule has 0 atom stereocenters. The molecule has 0 bridgehead atoms. The summed E-state index contributed by atoms with van der Waals surface area (Å²) >= 11 is 0. The molecule has 6 nitrogen and oxygen atoms in total. The van der Waals surface area contributed by atoms with E-state index in [9.17, 15) is 13.2 Å². The number of carbonyl (C=O) groups excluding carboxylic acids is 1. The zero-order chi connectivity index (χ0) is 15.6. The first-order valence-corrected chi connectivity index (χ1v) is 8.48. The fourth-order valence-electron chi connectivity index (χ4n) is 2.38. The lowest BCUT2D eigenvalue weighted by Gasteiger charge is -2.10. The summed E-state index contributed by atoms with van der Waals surface area (Å²) < 4.78 is 32.3. The molecule has 3 rings (SSSR count). The number of amides is 1. The second kappa shape index (κ2) is 5.94. The maximum absolute atomic E-state index is 12.3. The number of hydrogen-bond donors (Lipinski definition) is 2. The summed E-state index contributed by atoms with van der Waals surface area (Å²) in [5.74, 6) is 0.510. The summed E-state index contributed by atoms with van der Waals surface area (Å²) in [6.07, 6.45) is 3.33. The number of sulfonamides is 1. The van der Waals surface area contributed by atoms with Crippen LogP contribution in [0.2, 0.25) is 0 Å². The quantitative estimate of drug-likeness (QED) is 0.902. The number of furan rings is 1. The van der Waals surface area contributed by atoms with Gasteiger partial charge in [0.05, 0.1) is 17.7 Å². The second-order valence-corrected chi connectivity index (χ2v) is 6.89. The number of carbonyl (C=O) groups is 1. The van der Waals surface area contributed by atoms with Crippen molar-refractivity contribution in [2.75, 3.05) is 5.32 Å². The molecule has 1 amide bonds. The van der Waals surface area contributed by atoms with Gasteiger partial charge in [-0.05, 0) is 48.7 Å². The van der Waals surface area contributed by atoms with Crippen molar-refractivity contribution in [1.29, 1.82) is 0 Å². The Morgan fingerprint density at radius 1 is 1.23 bits per heavy atom. The van der Waals surface area contributed by atoms with Gasteiger partial charge in [0.1, 0.15) is 5.76 Å². The molecule has 0 unspecified atom stereocenters. The van der Waals surface area contributed by atoms with Gasteiger partial charge in [0.15, 0.2) is 0 Å². The molecule has 0 radical (unpaired) electrons. The van der Waals surface area contributed by atoms with Crippen molar-refractivity contribution >= 4 is 21.6 Å². The Bertz CT molecular complexity index is 782. The molecule has 1 aromatic heterocycles. The number of fused-ring (bicyclic) bond motifs is 1. The first kappa shape index (κ1) is 14.8. The van der Waals surface area contributed by atoms with Crippen molar-refractivity contribution in [2.45, 2.75) is 30.7 Å². The number of benzene rings is 1. The summed E-state index contributed by atoms with van der Waals surface area (Å²) in [5.41, 5.74) is 1.53. The molecule has 22 heavy (non-hydrogen) atoms. The zero-order valence-corrected chi connectivity index (χ0v) is 12.7. The third-order valence-corrected chi connectivity index (χ3v) is 4.93. The minimum atomic E-state index is -3.62. The zero-order valence-electron chi connectivity index (χ0n) is 11.8. The average molecular weight is 320 g/mol. The topological polar surface area (TPSA) is 88.4 Å². The molecular formula is C15H16N2O4S. The van der Waals surface area contributed by atoms with E-state index in [2.05, 4.69) is 10.0 Å². The van der Waals surface area contributed by atoms with Crippen molar-refractivity contribution in [1.82, 2.24) is 4.72 Å². The third-order valence-electron chi connectivity index (χ3n) is 3.53. The largest absolute Gasteiger partial charge is 0.468 e. The summed E-state index contributed by atoms with van der Waals surface area (Å²) in [7, 11) is -3.62. The maximum Gasteiger partial charge on any atom is 0.240 e. The summed E-state index contributed by atoms with van der Waals surface area (Å²) in [6, 6.07) is 8.16. The van der Waals surface area contributed by atoms with Crippen molar-refractivity contribution in [3.05, 3.63) is 47.9 Å². The van der Waals surface area contributed by atoms with Crippen LogP contribution in [0, 0.1) is 0 Å². The minimum Gasteiger partial charge on any atom is -0.468 e. The summed E-state index contributed by atoms with van der Waals surface area (Å²) in [5, 5.41) is 2.79. The average Bonchev–Trinajstić information content (AvgIpc) is 2.93. The second-order valence-electron chi connectivity index (χ2n) is 5.12. The number of rotatable bonds is 4. The molecule has 0 aliphatic carbocycles. The number of anilines is 1. The van der Waals surface area contributed by atoms with E-state index >= 15 is 0 Å². The van der Waals surface area contributed by atoms with Crippen molar-refractivity contribution in [3.63, 3.8) is 0 Å². The van der Waals surface area contributed by atoms with Gasteiger partial charge in [-0.1, -0.05) is 0 Å². The van der Waals surface area contributed by atoms with Crippen molar-refractivity contribution in [2.24, 2.45) is 0 Å². The van der Waals surface area contributed by atoms with E-state index in [-0.39, 0.29) is 17.3 Å². The summed E-state index contributed by atoms with van der Waals surface area (Å²) in [4.78, 5) is 11.7. The van der Waals surface area contributed by atoms with Gasteiger partial charge in [-0.25, -0.2) is 13.1 Å². The Labute approximate surface area is 128 Å². The number of nitrogens with one attached hydrogen (secondary N) is 2. The molecule has 0 saturated heterocycles. The molecule has 1 aliphatic heterocycles.